The Hall–Kier alpha value is -4.41. The third kappa shape index (κ3) is 3.63. The first kappa shape index (κ1) is 18.9. The number of hydrogen-bond donors (Lipinski definition) is 2. The van der Waals surface area contributed by atoms with Crippen molar-refractivity contribution in [3.05, 3.63) is 71.7 Å². The molecule has 150 valence electrons. The number of halogens is 1. The summed E-state index contributed by atoms with van der Waals surface area (Å²) >= 11 is 0. The Labute approximate surface area is 169 Å². The van der Waals surface area contributed by atoms with Crippen molar-refractivity contribution < 1.29 is 13.8 Å². The molecule has 2 aromatic heterocycles. The molecule has 30 heavy (non-hydrogen) atoms. The summed E-state index contributed by atoms with van der Waals surface area (Å²) in [6.45, 7) is 1.68. The normalized spacial score (nSPS) is 11.5. The number of amides is 1. The van der Waals surface area contributed by atoms with Crippen molar-refractivity contribution in [3.63, 3.8) is 0 Å². The average molecular weight is 406 g/mol. The number of nitrogens with two attached hydrogens (primary N) is 1. The minimum absolute atomic E-state index is 0.000689. The number of benzene rings is 2. The van der Waals surface area contributed by atoms with E-state index in [2.05, 4.69) is 35.8 Å². The summed E-state index contributed by atoms with van der Waals surface area (Å²) in [6, 6.07) is 14.7. The Morgan fingerprint density at radius 1 is 1.13 bits per heavy atom. The topological polar surface area (TPSA) is 137 Å². The number of hydrogen-bond acceptors (Lipinski definition) is 8. The summed E-state index contributed by atoms with van der Waals surface area (Å²) in [6.07, 6.45) is 0. The SMILES string of the molecule is C/C(=N/NC(=O)c1nnn(-c2nonc2N)c1-c1ccccc1)c1ccc(F)cc1. The van der Waals surface area contributed by atoms with Gasteiger partial charge in [-0.2, -0.15) is 9.78 Å². The highest BCUT2D eigenvalue weighted by molar-refractivity contribution is 6.02. The molecule has 2 heterocycles. The Balaban J connectivity index is 1.69. The maximum absolute atomic E-state index is 13.1. The van der Waals surface area contributed by atoms with E-state index in [1.807, 2.05) is 6.07 Å². The minimum Gasteiger partial charge on any atom is -0.378 e. The van der Waals surface area contributed by atoms with Crippen LogP contribution in [0.4, 0.5) is 10.2 Å². The third-order valence-electron chi connectivity index (χ3n) is 4.22. The van der Waals surface area contributed by atoms with Crippen molar-refractivity contribution in [2.75, 3.05) is 5.73 Å². The van der Waals surface area contributed by atoms with Crippen LogP contribution in [0.15, 0.2) is 64.3 Å². The number of hydrazone groups is 1. The Bertz CT molecular complexity index is 1220. The predicted molar refractivity (Wildman–Crippen MR) is 105 cm³/mol. The molecule has 0 fully saturated rings. The van der Waals surface area contributed by atoms with Crippen molar-refractivity contribution in [3.8, 4) is 17.1 Å². The van der Waals surface area contributed by atoms with Crippen LogP contribution in [0.3, 0.4) is 0 Å². The molecule has 3 N–H and O–H groups in total. The van der Waals surface area contributed by atoms with Crippen LogP contribution in [0.25, 0.3) is 17.1 Å². The van der Waals surface area contributed by atoms with Crippen LogP contribution in [0.1, 0.15) is 23.0 Å². The highest BCUT2D eigenvalue weighted by Crippen LogP contribution is 2.26. The van der Waals surface area contributed by atoms with Gasteiger partial charge in [-0.1, -0.05) is 47.7 Å². The van der Waals surface area contributed by atoms with Crippen molar-refractivity contribution in [1.82, 2.24) is 30.7 Å². The van der Waals surface area contributed by atoms with E-state index in [0.29, 0.717) is 22.5 Å². The van der Waals surface area contributed by atoms with Gasteiger partial charge in [0.25, 0.3) is 5.91 Å². The number of nitrogen functional groups attached to an aromatic ring is 1. The van der Waals surface area contributed by atoms with Gasteiger partial charge in [0, 0.05) is 5.56 Å². The third-order valence-corrected chi connectivity index (χ3v) is 4.22. The molecular weight excluding hydrogens is 391 g/mol. The second-order valence-electron chi connectivity index (χ2n) is 6.18. The molecule has 10 nitrogen and oxygen atoms in total. The lowest BCUT2D eigenvalue weighted by molar-refractivity contribution is 0.0950. The molecule has 0 saturated heterocycles. The highest BCUT2D eigenvalue weighted by atomic mass is 19.1. The van der Waals surface area contributed by atoms with E-state index in [4.69, 9.17) is 5.73 Å². The molecule has 0 aliphatic rings. The first-order valence-electron chi connectivity index (χ1n) is 8.74. The van der Waals surface area contributed by atoms with E-state index < -0.39 is 5.91 Å². The molecule has 0 saturated carbocycles. The summed E-state index contributed by atoms with van der Waals surface area (Å²) in [5.74, 6) is -0.862. The number of carbonyl (C=O) groups is 1. The zero-order valence-corrected chi connectivity index (χ0v) is 15.7. The number of carbonyl (C=O) groups excluding carboxylic acids is 1. The van der Waals surface area contributed by atoms with E-state index in [9.17, 15) is 9.18 Å². The molecular formula is C19H15FN8O2. The molecule has 1 amide bonds. The molecule has 0 atom stereocenters. The summed E-state index contributed by atoms with van der Waals surface area (Å²) < 4.78 is 19.0. The lowest BCUT2D eigenvalue weighted by Gasteiger charge is -2.06. The van der Waals surface area contributed by atoms with Crippen molar-refractivity contribution >= 4 is 17.4 Å². The predicted octanol–water partition coefficient (Wildman–Crippen LogP) is 2.19. The van der Waals surface area contributed by atoms with Gasteiger partial charge in [0.05, 0.1) is 5.71 Å². The fourth-order valence-corrected chi connectivity index (χ4v) is 2.72. The van der Waals surface area contributed by atoms with Gasteiger partial charge in [0.15, 0.2) is 5.69 Å². The van der Waals surface area contributed by atoms with Crippen molar-refractivity contribution in [1.29, 1.82) is 0 Å². The van der Waals surface area contributed by atoms with Gasteiger partial charge in [0.1, 0.15) is 11.5 Å². The van der Waals surface area contributed by atoms with E-state index in [-0.39, 0.29) is 23.1 Å². The molecule has 4 rings (SSSR count). The Morgan fingerprint density at radius 2 is 1.87 bits per heavy atom. The molecule has 0 spiro atoms. The zero-order valence-electron chi connectivity index (χ0n) is 15.7. The Morgan fingerprint density at radius 3 is 2.53 bits per heavy atom. The van der Waals surface area contributed by atoms with Gasteiger partial charge in [-0.05, 0) is 34.9 Å². The first-order chi connectivity index (χ1) is 14.5. The van der Waals surface area contributed by atoms with Crippen molar-refractivity contribution in [2.24, 2.45) is 5.10 Å². The second-order valence-corrected chi connectivity index (χ2v) is 6.18. The fraction of sp³-hybridized carbons (Fsp3) is 0.0526. The molecule has 2 aromatic carbocycles. The van der Waals surface area contributed by atoms with Gasteiger partial charge in [0.2, 0.25) is 11.6 Å². The van der Waals surface area contributed by atoms with Crippen LogP contribution < -0.4 is 11.2 Å². The van der Waals surface area contributed by atoms with Crippen LogP contribution in [0.5, 0.6) is 0 Å². The van der Waals surface area contributed by atoms with E-state index >= 15 is 0 Å². The molecule has 0 unspecified atom stereocenters. The van der Waals surface area contributed by atoms with Crippen LogP contribution in [-0.2, 0) is 0 Å². The van der Waals surface area contributed by atoms with Crippen LogP contribution in [-0.4, -0.2) is 36.9 Å². The zero-order chi connectivity index (χ0) is 21.1. The van der Waals surface area contributed by atoms with Gasteiger partial charge in [-0.25, -0.2) is 14.4 Å². The fourth-order valence-electron chi connectivity index (χ4n) is 2.72. The summed E-state index contributed by atoms with van der Waals surface area (Å²) in [4.78, 5) is 12.8. The Kier molecular flexibility index (Phi) is 4.99. The highest BCUT2D eigenvalue weighted by Gasteiger charge is 2.25. The number of nitrogens with zero attached hydrogens (tertiary/aromatic N) is 6. The summed E-state index contributed by atoms with van der Waals surface area (Å²) in [5.41, 5.74) is 10.3. The summed E-state index contributed by atoms with van der Waals surface area (Å²) in [5, 5.41) is 19.3. The largest absolute Gasteiger partial charge is 0.378 e. The van der Waals surface area contributed by atoms with Crippen LogP contribution in [0, 0.1) is 5.82 Å². The van der Waals surface area contributed by atoms with E-state index in [1.165, 1.54) is 16.8 Å². The maximum Gasteiger partial charge on any atom is 0.294 e. The molecule has 0 aliphatic carbocycles. The molecule has 0 radical (unpaired) electrons. The standard InChI is InChI=1S/C19H15FN8O2/c1-11(12-7-9-14(20)10-8-12)22-24-19(29)15-16(13-5-3-2-4-6-13)28(27-23-15)18-17(21)25-30-26-18/h2-10H,1H3,(H2,21,25)(H,24,29)/b22-11-. The molecule has 0 bridgehead atoms. The smallest absolute Gasteiger partial charge is 0.294 e. The van der Waals surface area contributed by atoms with Gasteiger partial charge in [-0.15, -0.1) is 5.10 Å². The van der Waals surface area contributed by atoms with E-state index in [0.717, 1.165) is 0 Å². The van der Waals surface area contributed by atoms with Crippen LogP contribution >= 0.6 is 0 Å². The van der Waals surface area contributed by atoms with Gasteiger partial charge < -0.3 is 5.73 Å². The number of nitrogens with one attached hydrogen (secondary N) is 1. The number of anilines is 1. The lowest BCUT2D eigenvalue weighted by atomic mass is 10.1. The average Bonchev–Trinajstić information content (AvgIpc) is 3.38. The summed E-state index contributed by atoms with van der Waals surface area (Å²) in [7, 11) is 0. The lowest BCUT2D eigenvalue weighted by Crippen LogP contribution is -2.21. The quantitative estimate of drug-likeness (QED) is 0.383. The number of rotatable bonds is 5. The second kappa shape index (κ2) is 7.91. The van der Waals surface area contributed by atoms with E-state index in [1.54, 1.807) is 43.3 Å². The van der Waals surface area contributed by atoms with Gasteiger partial charge in [-0.3, -0.25) is 4.79 Å². The van der Waals surface area contributed by atoms with Gasteiger partial charge >= 0.3 is 0 Å². The molecule has 11 heteroatoms. The minimum atomic E-state index is -0.600. The van der Waals surface area contributed by atoms with Crippen LogP contribution in [0.2, 0.25) is 0 Å². The maximum atomic E-state index is 13.1. The monoisotopic (exact) mass is 406 g/mol. The van der Waals surface area contributed by atoms with Crippen molar-refractivity contribution in [2.45, 2.75) is 6.92 Å². The molecule has 4 aromatic rings. The number of aromatic nitrogens is 5. The molecule has 0 aliphatic heterocycles. The first-order valence-corrected chi connectivity index (χ1v) is 8.74.